The maximum atomic E-state index is 11.9. The van der Waals surface area contributed by atoms with E-state index in [-0.39, 0.29) is 25.5 Å². The molecule has 1 amide bonds. The van der Waals surface area contributed by atoms with Crippen molar-refractivity contribution in [2.45, 2.75) is 46.0 Å². The van der Waals surface area contributed by atoms with Crippen molar-refractivity contribution in [3.8, 4) is 5.75 Å². The summed E-state index contributed by atoms with van der Waals surface area (Å²) in [4.78, 5) is 34.1. The van der Waals surface area contributed by atoms with Crippen LogP contribution in [0.4, 0.5) is 0 Å². The van der Waals surface area contributed by atoms with Crippen molar-refractivity contribution in [2.75, 3.05) is 13.2 Å². The molecule has 0 atom stereocenters. The predicted octanol–water partition coefficient (Wildman–Crippen LogP) is 2.80. The van der Waals surface area contributed by atoms with E-state index in [2.05, 4.69) is 12.2 Å². The fourth-order valence-corrected chi connectivity index (χ4v) is 2.80. The first kappa shape index (κ1) is 20.5. The van der Waals surface area contributed by atoms with Crippen molar-refractivity contribution in [3.63, 3.8) is 0 Å². The summed E-state index contributed by atoms with van der Waals surface area (Å²) in [7, 11) is 0. The number of nitrogens with one attached hydrogen (secondary N) is 1. The topological polar surface area (TPSA) is 106 Å². The van der Waals surface area contributed by atoms with Crippen molar-refractivity contribution in [3.05, 3.63) is 39.7 Å². The number of hydrogen-bond acceptors (Lipinski definition) is 5. The maximum absolute atomic E-state index is 11.9. The van der Waals surface area contributed by atoms with Crippen LogP contribution in [0.25, 0.3) is 11.0 Å². The van der Waals surface area contributed by atoms with Gasteiger partial charge in [-0.3, -0.25) is 9.59 Å². The van der Waals surface area contributed by atoms with Gasteiger partial charge in [0.25, 0.3) is 5.91 Å². The van der Waals surface area contributed by atoms with Crippen LogP contribution in [0.1, 0.15) is 43.7 Å². The van der Waals surface area contributed by atoms with E-state index in [1.54, 1.807) is 13.0 Å². The molecule has 146 valence electrons. The van der Waals surface area contributed by atoms with Crippen LogP contribution >= 0.6 is 0 Å². The monoisotopic (exact) mass is 375 g/mol. The smallest absolute Gasteiger partial charge is 0.336 e. The van der Waals surface area contributed by atoms with Gasteiger partial charge in [-0.25, -0.2) is 4.79 Å². The summed E-state index contributed by atoms with van der Waals surface area (Å²) in [6.07, 6.45) is 3.18. The molecule has 0 aliphatic carbocycles. The molecule has 0 unspecified atom stereocenters. The molecule has 0 fully saturated rings. The van der Waals surface area contributed by atoms with Gasteiger partial charge >= 0.3 is 11.6 Å². The Hall–Kier alpha value is -2.83. The van der Waals surface area contributed by atoms with Crippen LogP contribution < -0.4 is 15.7 Å². The zero-order valence-corrected chi connectivity index (χ0v) is 15.7. The Balaban J connectivity index is 2.07. The first-order valence-corrected chi connectivity index (χ1v) is 9.10. The molecule has 0 spiro atoms. The van der Waals surface area contributed by atoms with E-state index in [1.807, 2.05) is 6.07 Å². The summed E-state index contributed by atoms with van der Waals surface area (Å²) in [6, 6.07) is 5.14. The third kappa shape index (κ3) is 5.84. The minimum atomic E-state index is -0.896. The number of carbonyl (C=O) groups is 2. The van der Waals surface area contributed by atoms with Gasteiger partial charge in [-0.05, 0) is 43.9 Å². The number of aliphatic carboxylic acids is 1. The number of hydrogen-bond donors (Lipinski definition) is 2. The zero-order valence-electron chi connectivity index (χ0n) is 15.7. The van der Waals surface area contributed by atoms with Gasteiger partial charge in [0.1, 0.15) is 11.3 Å². The predicted molar refractivity (Wildman–Crippen MR) is 101 cm³/mol. The number of benzene rings is 1. The highest BCUT2D eigenvalue weighted by atomic mass is 16.5. The number of rotatable bonds is 10. The largest absolute Gasteiger partial charge is 0.483 e. The molecule has 27 heavy (non-hydrogen) atoms. The molecule has 0 bridgehead atoms. The summed E-state index contributed by atoms with van der Waals surface area (Å²) < 4.78 is 10.9. The number of unbranched alkanes of at least 4 members (excludes halogenated alkanes) is 1. The van der Waals surface area contributed by atoms with Crippen molar-refractivity contribution in [2.24, 2.45) is 0 Å². The second kappa shape index (κ2) is 9.75. The van der Waals surface area contributed by atoms with Gasteiger partial charge in [0.15, 0.2) is 6.61 Å². The molecule has 7 nitrogen and oxygen atoms in total. The molecule has 0 aliphatic rings. The molecule has 1 aromatic carbocycles. The quantitative estimate of drug-likeness (QED) is 0.489. The summed E-state index contributed by atoms with van der Waals surface area (Å²) >= 11 is 0. The van der Waals surface area contributed by atoms with E-state index in [9.17, 15) is 14.4 Å². The molecule has 0 saturated heterocycles. The van der Waals surface area contributed by atoms with E-state index in [0.717, 1.165) is 30.2 Å². The van der Waals surface area contributed by atoms with Crippen molar-refractivity contribution in [1.29, 1.82) is 0 Å². The van der Waals surface area contributed by atoms with E-state index in [0.29, 0.717) is 23.3 Å². The Labute approximate surface area is 157 Å². The van der Waals surface area contributed by atoms with Crippen LogP contribution in [-0.2, 0) is 16.0 Å². The standard InChI is InChI=1S/C20H25NO6/c1-3-4-6-14-11-19(25)27-20-13(2)16(9-8-15(14)20)26-12-17(22)21-10-5-7-18(23)24/h8-9,11H,3-7,10,12H2,1-2H3,(H,21,22)(H,23,24). The number of carboxylic acids is 1. The second-order valence-corrected chi connectivity index (χ2v) is 6.40. The van der Waals surface area contributed by atoms with E-state index < -0.39 is 11.6 Å². The van der Waals surface area contributed by atoms with Crippen LogP contribution in [-0.4, -0.2) is 30.1 Å². The third-order valence-corrected chi connectivity index (χ3v) is 4.24. The average molecular weight is 375 g/mol. The Morgan fingerprint density at radius 2 is 2.04 bits per heavy atom. The third-order valence-electron chi connectivity index (χ3n) is 4.24. The zero-order chi connectivity index (χ0) is 19.8. The Bertz CT molecular complexity index is 871. The number of aryl methyl sites for hydroxylation is 2. The Morgan fingerprint density at radius 3 is 2.74 bits per heavy atom. The molecule has 0 aliphatic heterocycles. The first-order valence-electron chi connectivity index (χ1n) is 9.10. The van der Waals surface area contributed by atoms with E-state index >= 15 is 0 Å². The van der Waals surface area contributed by atoms with Crippen LogP contribution in [0.3, 0.4) is 0 Å². The van der Waals surface area contributed by atoms with Crippen molar-refractivity contribution < 1.29 is 23.8 Å². The molecular weight excluding hydrogens is 350 g/mol. The lowest BCUT2D eigenvalue weighted by Gasteiger charge is -2.12. The fourth-order valence-electron chi connectivity index (χ4n) is 2.80. The average Bonchev–Trinajstić information content (AvgIpc) is 2.63. The lowest BCUT2D eigenvalue weighted by molar-refractivity contribution is -0.137. The molecule has 2 aromatic rings. The van der Waals surface area contributed by atoms with E-state index in [1.165, 1.54) is 6.07 Å². The highest BCUT2D eigenvalue weighted by Gasteiger charge is 2.13. The van der Waals surface area contributed by atoms with Crippen molar-refractivity contribution >= 4 is 22.8 Å². The number of fused-ring (bicyclic) bond motifs is 1. The van der Waals surface area contributed by atoms with Crippen LogP contribution in [0.2, 0.25) is 0 Å². The molecule has 0 radical (unpaired) electrons. The van der Waals surface area contributed by atoms with Gasteiger partial charge in [-0.1, -0.05) is 13.3 Å². The van der Waals surface area contributed by atoms with Crippen LogP contribution in [0.15, 0.2) is 27.4 Å². The summed E-state index contributed by atoms with van der Waals surface area (Å²) in [6.45, 7) is 3.96. The van der Waals surface area contributed by atoms with Gasteiger partial charge in [0.2, 0.25) is 0 Å². The summed E-state index contributed by atoms with van der Waals surface area (Å²) in [5.41, 5.74) is 1.70. The first-order chi connectivity index (χ1) is 12.9. The lowest BCUT2D eigenvalue weighted by atomic mass is 10.0. The number of ether oxygens (including phenoxy) is 1. The summed E-state index contributed by atoms with van der Waals surface area (Å²) in [5.74, 6) is -0.760. The molecular formula is C20H25NO6. The number of amides is 1. The highest BCUT2D eigenvalue weighted by molar-refractivity contribution is 5.85. The second-order valence-electron chi connectivity index (χ2n) is 6.40. The molecule has 1 aromatic heterocycles. The van der Waals surface area contributed by atoms with Gasteiger partial charge in [0.05, 0.1) is 0 Å². The van der Waals surface area contributed by atoms with Gasteiger partial charge < -0.3 is 19.6 Å². The SMILES string of the molecule is CCCCc1cc(=O)oc2c(C)c(OCC(=O)NCCCC(=O)O)ccc12. The fraction of sp³-hybridized carbons (Fsp3) is 0.450. The summed E-state index contributed by atoms with van der Waals surface area (Å²) in [5, 5.41) is 12.1. The van der Waals surface area contributed by atoms with Gasteiger partial charge in [-0.15, -0.1) is 0 Å². The van der Waals surface area contributed by atoms with Crippen molar-refractivity contribution in [1.82, 2.24) is 5.32 Å². The van der Waals surface area contributed by atoms with Gasteiger partial charge in [-0.2, -0.15) is 0 Å². The van der Waals surface area contributed by atoms with Gasteiger partial charge in [0, 0.05) is 30.0 Å². The number of carbonyl (C=O) groups excluding carboxylic acids is 1. The lowest BCUT2D eigenvalue weighted by Crippen LogP contribution is -2.30. The molecule has 7 heteroatoms. The Kier molecular flexibility index (Phi) is 7.40. The molecule has 2 rings (SSSR count). The minimum Gasteiger partial charge on any atom is -0.483 e. The number of carboxylic acid groups (broad SMARTS) is 1. The highest BCUT2D eigenvalue weighted by Crippen LogP contribution is 2.29. The molecule has 1 heterocycles. The van der Waals surface area contributed by atoms with Crippen LogP contribution in [0, 0.1) is 6.92 Å². The van der Waals surface area contributed by atoms with Crippen LogP contribution in [0.5, 0.6) is 5.75 Å². The normalized spacial score (nSPS) is 10.7. The minimum absolute atomic E-state index is 0.00428. The Morgan fingerprint density at radius 1 is 1.26 bits per heavy atom. The van der Waals surface area contributed by atoms with E-state index in [4.69, 9.17) is 14.3 Å². The molecule has 0 saturated carbocycles. The molecule has 2 N–H and O–H groups in total. The maximum Gasteiger partial charge on any atom is 0.336 e.